The molecule has 0 saturated carbocycles. The summed E-state index contributed by atoms with van der Waals surface area (Å²) < 4.78 is 32.7. The van der Waals surface area contributed by atoms with E-state index in [4.69, 9.17) is 22.1 Å². The number of nitrogens with zero attached hydrogens (tertiary/aromatic N) is 1. The van der Waals surface area contributed by atoms with Crippen molar-refractivity contribution in [2.75, 3.05) is 32.8 Å². The highest BCUT2D eigenvalue weighted by Crippen LogP contribution is 2.32. The largest absolute Gasteiger partial charge is 0.482 e. The van der Waals surface area contributed by atoms with Crippen molar-refractivity contribution in [1.82, 2.24) is 9.62 Å². The van der Waals surface area contributed by atoms with Gasteiger partial charge in [-0.3, -0.25) is 4.79 Å². The minimum atomic E-state index is -3.76. The molecule has 1 heterocycles. The van der Waals surface area contributed by atoms with E-state index in [1.54, 1.807) is 0 Å². The van der Waals surface area contributed by atoms with Crippen molar-refractivity contribution in [2.24, 2.45) is 11.7 Å². The molecule has 0 atom stereocenters. The highest BCUT2D eigenvalue weighted by Gasteiger charge is 2.31. The SMILES string of the molecule is CCNCC1CCN(S(=O)(=O)c2cc(Cl)ccc2OCC(N)=O)CC1.Cl. The maximum Gasteiger partial charge on any atom is 0.255 e. The summed E-state index contributed by atoms with van der Waals surface area (Å²) in [5.74, 6) is -0.128. The summed E-state index contributed by atoms with van der Waals surface area (Å²) in [4.78, 5) is 10.9. The van der Waals surface area contributed by atoms with E-state index < -0.39 is 22.5 Å². The van der Waals surface area contributed by atoms with Crippen molar-refractivity contribution < 1.29 is 17.9 Å². The Kier molecular flexibility index (Phi) is 9.12. The van der Waals surface area contributed by atoms with Crippen LogP contribution in [0.25, 0.3) is 0 Å². The van der Waals surface area contributed by atoms with Gasteiger partial charge in [0, 0.05) is 18.1 Å². The standard InChI is InChI=1S/C16H24ClN3O4S.ClH/c1-2-19-10-12-5-7-20(8-6-12)25(22,23)15-9-13(17)3-4-14(15)24-11-16(18)21;/h3-4,9,12,19H,2,5-8,10-11H2,1H3,(H2,18,21);1H. The number of nitrogens with two attached hydrogens (primary N) is 1. The van der Waals surface area contributed by atoms with Gasteiger partial charge in [0.05, 0.1) is 0 Å². The molecule has 148 valence electrons. The van der Waals surface area contributed by atoms with Crippen LogP contribution < -0.4 is 15.8 Å². The van der Waals surface area contributed by atoms with Gasteiger partial charge in [-0.2, -0.15) is 4.31 Å². The summed E-state index contributed by atoms with van der Waals surface area (Å²) in [5, 5.41) is 3.58. The number of ether oxygens (including phenoxy) is 1. The van der Waals surface area contributed by atoms with Crippen LogP contribution in [0.1, 0.15) is 19.8 Å². The lowest BCUT2D eigenvalue weighted by Crippen LogP contribution is -2.40. The van der Waals surface area contributed by atoms with Gasteiger partial charge >= 0.3 is 0 Å². The second-order valence-electron chi connectivity index (χ2n) is 6.00. The van der Waals surface area contributed by atoms with Gasteiger partial charge in [0.2, 0.25) is 10.0 Å². The lowest BCUT2D eigenvalue weighted by molar-refractivity contribution is -0.120. The summed E-state index contributed by atoms with van der Waals surface area (Å²) in [6, 6.07) is 4.30. The Labute approximate surface area is 165 Å². The number of carbonyl (C=O) groups is 1. The Hall–Kier alpha value is -1.06. The second kappa shape index (κ2) is 10.3. The van der Waals surface area contributed by atoms with E-state index in [9.17, 15) is 13.2 Å². The molecule has 1 amide bonds. The van der Waals surface area contributed by atoms with Crippen LogP contribution in [0.2, 0.25) is 5.02 Å². The lowest BCUT2D eigenvalue weighted by atomic mass is 9.98. The number of rotatable bonds is 8. The minimum absolute atomic E-state index is 0. The van der Waals surface area contributed by atoms with Crippen LogP contribution in [-0.2, 0) is 14.8 Å². The van der Waals surface area contributed by atoms with Gasteiger partial charge in [0.1, 0.15) is 10.6 Å². The number of hydrogen-bond donors (Lipinski definition) is 2. The van der Waals surface area contributed by atoms with Crippen LogP contribution >= 0.6 is 24.0 Å². The molecule has 0 spiro atoms. The van der Waals surface area contributed by atoms with Crippen LogP contribution in [0.4, 0.5) is 0 Å². The normalized spacial score (nSPS) is 16.1. The molecular formula is C16H25Cl2N3O4S. The Morgan fingerprint density at radius 3 is 2.62 bits per heavy atom. The van der Waals surface area contributed by atoms with Crippen LogP contribution in [0.5, 0.6) is 5.75 Å². The van der Waals surface area contributed by atoms with Gasteiger partial charge < -0.3 is 15.8 Å². The number of amides is 1. The van der Waals surface area contributed by atoms with E-state index in [1.807, 2.05) is 6.92 Å². The van der Waals surface area contributed by atoms with E-state index in [0.717, 1.165) is 25.9 Å². The Morgan fingerprint density at radius 2 is 2.04 bits per heavy atom. The first-order valence-corrected chi connectivity index (χ1v) is 10.1. The monoisotopic (exact) mass is 425 g/mol. The highest BCUT2D eigenvalue weighted by atomic mass is 35.5. The number of halogens is 2. The summed E-state index contributed by atoms with van der Waals surface area (Å²) in [6.45, 7) is 4.34. The first-order chi connectivity index (χ1) is 11.8. The van der Waals surface area contributed by atoms with Crippen molar-refractivity contribution in [3.05, 3.63) is 23.2 Å². The first-order valence-electron chi connectivity index (χ1n) is 8.26. The fourth-order valence-electron chi connectivity index (χ4n) is 2.79. The Balaban J connectivity index is 0.00000338. The maximum atomic E-state index is 13.0. The quantitative estimate of drug-likeness (QED) is 0.658. The molecule has 0 bridgehead atoms. The molecular weight excluding hydrogens is 401 g/mol. The molecule has 7 nitrogen and oxygen atoms in total. The third-order valence-corrected chi connectivity index (χ3v) is 6.30. The average molecular weight is 426 g/mol. The number of sulfonamides is 1. The first kappa shape index (κ1) is 23.0. The van der Waals surface area contributed by atoms with E-state index in [2.05, 4.69) is 5.32 Å². The Bertz CT molecular complexity index is 707. The fraction of sp³-hybridized carbons (Fsp3) is 0.562. The molecule has 0 aliphatic carbocycles. The molecule has 0 radical (unpaired) electrons. The van der Waals surface area contributed by atoms with Crippen LogP contribution in [0.15, 0.2) is 23.1 Å². The summed E-state index contributed by atoms with van der Waals surface area (Å²) in [7, 11) is -3.76. The van der Waals surface area contributed by atoms with Gasteiger partial charge in [-0.1, -0.05) is 18.5 Å². The van der Waals surface area contributed by atoms with Crippen molar-refractivity contribution in [3.8, 4) is 5.75 Å². The van der Waals surface area contributed by atoms with Gasteiger partial charge in [-0.05, 0) is 50.0 Å². The van der Waals surface area contributed by atoms with Crippen molar-refractivity contribution in [3.63, 3.8) is 0 Å². The molecule has 1 aliphatic heterocycles. The van der Waals surface area contributed by atoms with Crippen molar-refractivity contribution >= 4 is 39.9 Å². The number of benzene rings is 1. The summed E-state index contributed by atoms with van der Waals surface area (Å²) in [5.41, 5.74) is 5.07. The molecule has 0 aromatic heterocycles. The highest BCUT2D eigenvalue weighted by molar-refractivity contribution is 7.89. The minimum Gasteiger partial charge on any atom is -0.482 e. The molecule has 1 aliphatic rings. The van der Waals surface area contributed by atoms with Crippen LogP contribution in [0.3, 0.4) is 0 Å². The maximum absolute atomic E-state index is 13.0. The average Bonchev–Trinajstić information content (AvgIpc) is 2.59. The van der Waals surface area contributed by atoms with Crippen LogP contribution in [-0.4, -0.2) is 51.4 Å². The molecule has 1 aromatic carbocycles. The zero-order chi connectivity index (χ0) is 18.4. The molecule has 26 heavy (non-hydrogen) atoms. The smallest absolute Gasteiger partial charge is 0.255 e. The predicted octanol–water partition coefficient (Wildman–Crippen LogP) is 1.64. The fourth-order valence-corrected chi connectivity index (χ4v) is 4.66. The third-order valence-electron chi connectivity index (χ3n) is 4.15. The number of piperidine rings is 1. The van der Waals surface area contributed by atoms with Crippen molar-refractivity contribution in [2.45, 2.75) is 24.7 Å². The number of carbonyl (C=O) groups excluding carboxylic acids is 1. The molecule has 1 aromatic rings. The third kappa shape index (κ3) is 5.99. The van der Waals surface area contributed by atoms with Crippen LogP contribution in [0, 0.1) is 5.92 Å². The molecule has 1 saturated heterocycles. The van der Waals surface area contributed by atoms with Gasteiger partial charge in [0.15, 0.2) is 6.61 Å². The summed E-state index contributed by atoms with van der Waals surface area (Å²) >= 11 is 5.97. The van der Waals surface area contributed by atoms with E-state index in [-0.39, 0.29) is 28.1 Å². The topological polar surface area (TPSA) is 102 Å². The van der Waals surface area contributed by atoms with Crippen molar-refractivity contribution in [1.29, 1.82) is 0 Å². The lowest BCUT2D eigenvalue weighted by Gasteiger charge is -2.31. The second-order valence-corrected chi connectivity index (χ2v) is 8.34. The Morgan fingerprint density at radius 1 is 1.38 bits per heavy atom. The molecule has 0 unspecified atom stereocenters. The zero-order valence-electron chi connectivity index (χ0n) is 14.6. The van der Waals surface area contributed by atoms with E-state index in [1.165, 1.54) is 22.5 Å². The predicted molar refractivity (Wildman–Crippen MR) is 103 cm³/mol. The van der Waals surface area contributed by atoms with Gasteiger partial charge in [-0.25, -0.2) is 8.42 Å². The van der Waals surface area contributed by atoms with E-state index >= 15 is 0 Å². The van der Waals surface area contributed by atoms with E-state index in [0.29, 0.717) is 19.0 Å². The number of primary amides is 1. The molecule has 3 N–H and O–H groups in total. The number of nitrogens with one attached hydrogen (secondary N) is 1. The van der Waals surface area contributed by atoms with Gasteiger partial charge in [-0.15, -0.1) is 12.4 Å². The number of hydrogen-bond acceptors (Lipinski definition) is 5. The molecule has 1 fully saturated rings. The zero-order valence-corrected chi connectivity index (χ0v) is 17.0. The molecule has 10 heteroatoms. The molecule has 2 rings (SSSR count). The van der Waals surface area contributed by atoms with Gasteiger partial charge in [0.25, 0.3) is 5.91 Å². The summed E-state index contributed by atoms with van der Waals surface area (Å²) in [6.07, 6.45) is 1.59.